The van der Waals surface area contributed by atoms with Gasteiger partial charge < -0.3 is 5.32 Å². The molecule has 6 nitrogen and oxygen atoms in total. The fraction of sp³-hybridized carbons (Fsp3) is 0.500. The monoisotopic (exact) mass is 417 g/mol. The molecule has 1 aromatic rings. The molecule has 1 heterocycles. The average molecular weight is 418 g/mol. The van der Waals surface area contributed by atoms with E-state index >= 15 is 0 Å². The van der Waals surface area contributed by atoms with E-state index in [1.807, 2.05) is 0 Å². The van der Waals surface area contributed by atoms with E-state index in [1.54, 1.807) is 10.6 Å². The molecule has 0 spiro atoms. The zero-order valence-corrected chi connectivity index (χ0v) is 15.6. The van der Waals surface area contributed by atoms with Crippen molar-refractivity contribution in [2.45, 2.75) is 56.4 Å². The fourth-order valence-corrected chi connectivity index (χ4v) is 3.71. The first-order chi connectivity index (χ1) is 13.2. The Morgan fingerprint density at radius 3 is 2.21 bits per heavy atom. The Morgan fingerprint density at radius 2 is 1.68 bits per heavy atom. The lowest BCUT2D eigenvalue weighted by atomic mass is 10.0. The van der Waals surface area contributed by atoms with E-state index in [0.29, 0.717) is 22.8 Å². The van der Waals surface area contributed by atoms with Crippen LogP contribution < -0.4 is 10.6 Å². The molecular formula is C18H19ClF3N3O3. The lowest BCUT2D eigenvalue weighted by Gasteiger charge is -2.31. The van der Waals surface area contributed by atoms with Gasteiger partial charge in [-0.3, -0.25) is 19.8 Å². The van der Waals surface area contributed by atoms with Gasteiger partial charge in [-0.2, -0.15) is 13.2 Å². The summed E-state index contributed by atoms with van der Waals surface area (Å²) in [6.07, 6.45) is -1.09. The number of carbonyl (C=O) groups excluding carboxylic acids is 3. The van der Waals surface area contributed by atoms with Gasteiger partial charge in [0, 0.05) is 16.6 Å². The first kappa shape index (κ1) is 20.4. The summed E-state index contributed by atoms with van der Waals surface area (Å²) in [5.74, 6) is -2.65. The highest BCUT2D eigenvalue weighted by Gasteiger charge is 2.69. The fourth-order valence-electron chi connectivity index (χ4n) is 3.59. The molecule has 2 N–H and O–H groups in total. The van der Waals surface area contributed by atoms with Crippen molar-refractivity contribution >= 4 is 29.4 Å². The van der Waals surface area contributed by atoms with E-state index in [2.05, 4.69) is 0 Å². The van der Waals surface area contributed by atoms with Crippen molar-refractivity contribution in [2.24, 2.45) is 0 Å². The molecule has 4 amide bonds. The molecular weight excluding hydrogens is 399 g/mol. The van der Waals surface area contributed by atoms with Crippen LogP contribution in [0.15, 0.2) is 24.3 Å². The van der Waals surface area contributed by atoms with Gasteiger partial charge >= 0.3 is 12.2 Å². The quantitative estimate of drug-likeness (QED) is 0.582. The molecule has 2 fully saturated rings. The van der Waals surface area contributed by atoms with Crippen LogP contribution in [-0.2, 0) is 4.79 Å². The summed E-state index contributed by atoms with van der Waals surface area (Å²) in [5, 5.41) is 3.69. The van der Waals surface area contributed by atoms with Gasteiger partial charge in [0.2, 0.25) is 0 Å². The molecule has 152 valence electrons. The molecule has 2 aliphatic rings. The van der Waals surface area contributed by atoms with Crippen LogP contribution >= 0.6 is 11.6 Å². The van der Waals surface area contributed by atoms with Crippen LogP contribution in [0.4, 0.5) is 18.0 Å². The van der Waals surface area contributed by atoms with Gasteiger partial charge in [-0.15, -0.1) is 0 Å². The maximum Gasteiger partial charge on any atom is 0.440 e. The van der Waals surface area contributed by atoms with Crippen LogP contribution in [-0.4, -0.2) is 40.6 Å². The van der Waals surface area contributed by atoms with E-state index in [4.69, 9.17) is 11.6 Å². The Labute approximate surface area is 164 Å². The Balaban J connectivity index is 1.91. The first-order valence-corrected chi connectivity index (χ1v) is 9.34. The molecule has 10 heteroatoms. The number of carbonyl (C=O) groups is 3. The number of amides is 4. The van der Waals surface area contributed by atoms with Crippen LogP contribution in [0.2, 0.25) is 5.02 Å². The number of hydrogen-bond donors (Lipinski definition) is 2. The number of imide groups is 1. The van der Waals surface area contributed by atoms with Gasteiger partial charge in [0.25, 0.3) is 17.5 Å². The molecule has 0 aromatic heterocycles. The van der Waals surface area contributed by atoms with E-state index in [1.165, 1.54) is 24.3 Å². The Hall–Kier alpha value is -2.29. The van der Waals surface area contributed by atoms with Crippen molar-refractivity contribution in [3.63, 3.8) is 0 Å². The molecule has 0 bridgehead atoms. The Morgan fingerprint density at radius 1 is 1.11 bits per heavy atom. The first-order valence-electron chi connectivity index (χ1n) is 8.96. The van der Waals surface area contributed by atoms with Crippen LogP contribution in [0.25, 0.3) is 0 Å². The smallest absolute Gasteiger partial charge is 0.314 e. The summed E-state index contributed by atoms with van der Waals surface area (Å²) in [4.78, 5) is 38.2. The van der Waals surface area contributed by atoms with Gasteiger partial charge in [-0.05, 0) is 37.1 Å². The number of rotatable bonds is 3. The highest BCUT2D eigenvalue weighted by molar-refractivity contribution is 6.30. The Bertz CT molecular complexity index is 777. The van der Waals surface area contributed by atoms with E-state index in [0.717, 1.165) is 25.7 Å². The molecule has 1 aromatic carbocycles. The number of alkyl halides is 3. The van der Waals surface area contributed by atoms with E-state index < -0.39 is 35.7 Å². The lowest BCUT2D eigenvalue weighted by molar-refractivity contribution is -0.200. The van der Waals surface area contributed by atoms with Crippen LogP contribution in [0.5, 0.6) is 0 Å². The predicted octanol–water partition coefficient (Wildman–Crippen LogP) is 3.60. The summed E-state index contributed by atoms with van der Waals surface area (Å²) >= 11 is 5.72. The summed E-state index contributed by atoms with van der Waals surface area (Å²) in [6, 6.07) is 3.36. The molecule has 0 radical (unpaired) electrons. The minimum absolute atomic E-state index is 0.122. The van der Waals surface area contributed by atoms with Gasteiger partial charge in [0.15, 0.2) is 0 Å². The second-order valence-electron chi connectivity index (χ2n) is 6.96. The molecule has 1 atom stereocenters. The van der Waals surface area contributed by atoms with Gasteiger partial charge in [-0.1, -0.05) is 37.3 Å². The summed E-state index contributed by atoms with van der Waals surface area (Å²) < 4.78 is 41.7. The number of benzene rings is 1. The minimum atomic E-state index is -5.22. The third-order valence-electron chi connectivity index (χ3n) is 5.08. The highest BCUT2D eigenvalue weighted by atomic mass is 35.5. The van der Waals surface area contributed by atoms with Gasteiger partial charge in [-0.25, -0.2) is 4.79 Å². The lowest BCUT2D eigenvalue weighted by Crippen LogP contribution is -2.69. The zero-order chi connectivity index (χ0) is 20.5. The molecule has 1 saturated carbocycles. The minimum Gasteiger partial charge on any atom is -0.314 e. The normalized spacial score (nSPS) is 24.1. The standard InChI is InChI=1S/C18H19ClF3N3O3/c19-12-9-7-11(8-10-12)14(26)23-17(18(20,21)22)15(27)25(16(28)24-17)13-5-3-1-2-4-6-13/h7-10,13H,1-6H2,(H,23,26)(H,24,28)/t17-/m0/s1. The summed E-state index contributed by atoms with van der Waals surface area (Å²) in [6.45, 7) is 0. The number of urea groups is 1. The molecule has 0 unspecified atom stereocenters. The van der Waals surface area contributed by atoms with E-state index in [-0.39, 0.29) is 5.56 Å². The molecule has 3 rings (SSSR count). The largest absolute Gasteiger partial charge is 0.440 e. The maximum atomic E-state index is 13.9. The third kappa shape index (κ3) is 3.67. The summed E-state index contributed by atoms with van der Waals surface area (Å²) in [5.41, 5.74) is -3.62. The highest BCUT2D eigenvalue weighted by Crippen LogP contribution is 2.36. The molecule has 1 saturated heterocycles. The van der Waals surface area contributed by atoms with Gasteiger partial charge in [0.1, 0.15) is 0 Å². The number of halogens is 4. The van der Waals surface area contributed by atoms with Crippen LogP contribution in [0.3, 0.4) is 0 Å². The zero-order valence-electron chi connectivity index (χ0n) is 14.8. The van der Waals surface area contributed by atoms with Crippen LogP contribution in [0.1, 0.15) is 48.9 Å². The van der Waals surface area contributed by atoms with Crippen molar-refractivity contribution in [1.82, 2.24) is 15.5 Å². The number of nitrogens with one attached hydrogen (secondary N) is 2. The predicted molar refractivity (Wildman–Crippen MR) is 94.6 cm³/mol. The molecule has 1 aliphatic heterocycles. The average Bonchev–Trinajstić information content (AvgIpc) is 2.80. The SMILES string of the molecule is O=C(N[C@]1(C(F)(F)F)NC(=O)N(C2CCCCCC2)C1=O)c1ccc(Cl)cc1. The second kappa shape index (κ2) is 7.62. The van der Waals surface area contributed by atoms with Gasteiger partial charge in [0.05, 0.1) is 0 Å². The van der Waals surface area contributed by atoms with Crippen molar-refractivity contribution in [3.8, 4) is 0 Å². The topological polar surface area (TPSA) is 78.5 Å². The third-order valence-corrected chi connectivity index (χ3v) is 5.33. The number of nitrogens with zero attached hydrogens (tertiary/aromatic N) is 1. The second-order valence-corrected chi connectivity index (χ2v) is 7.40. The van der Waals surface area contributed by atoms with Crippen molar-refractivity contribution in [2.75, 3.05) is 0 Å². The summed E-state index contributed by atoms with van der Waals surface area (Å²) in [7, 11) is 0. The Kier molecular flexibility index (Phi) is 5.56. The van der Waals surface area contributed by atoms with Crippen LogP contribution in [0, 0.1) is 0 Å². The van der Waals surface area contributed by atoms with Crippen molar-refractivity contribution in [3.05, 3.63) is 34.9 Å². The van der Waals surface area contributed by atoms with E-state index in [9.17, 15) is 27.6 Å². The maximum absolute atomic E-state index is 13.9. The van der Waals surface area contributed by atoms with Crippen molar-refractivity contribution < 1.29 is 27.6 Å². The molecule has 1 aliphatic carbocycles. The van der Waals surface area contributed by atoms with Crippen molar-refractivity contribution in [1.29, 1.82) is 0 Å². The number of hydrogen-bond acceptors (Lipinski definition) is 3. The molecule has 28 heavy (non-hydrogen) atoms.